The van der Waals surface area contributed by atoms with Crippen molar-refractivity contribution in [3.05, 3.63) is 72.6 Å². The van der Waals surface area contributed by atoms with Crippen LogP contribution in [0.3, 0.4) is 0 Å². The SMILES string of the molecule is CCn1c(COc2cccc3ccccc23)nnc1SCC(=O)Nc1cccc(OC)c1. The molecule has 1 N–H and O–H groups in total. The minimum absolute atomic E-state index is 0.123. The second-order valence-corrected chi connectivity index (χ2v) is 7.92. The Hall–Kier alpha value is -3.52. The number of carbonyl (C=O) groups excluding carboxylic acids is 1. The van der Waals surface area contributed by atoms with E-state index in [2.05, 4.69) is 27.6 Å². The fourth-order valence-corrected chi connectivity index (χ4v) is 4.16. The molecule has 7 nitrogen and oxygen atoms in total. The van der Waals surface area contributed by atoms with Crippen LogP contribution in [-0.4, -0.2) is 33.5 Å². The van der Waals surface area contributed by atoms with Crippen LogP contribution in [0.15, 0.2) is 71.9 Å². The molecule has 0 radical (unpaired) electrons. The van der Waals surface area contributed by atoms with Gasteiger partial charge in [-0.15, -0.1) is 10.2 Å². The fourth-order valence-electron chi connectivity index (χ4n) is 3.34. The first kappa shape index (κ1) is 21.7. The number of carbonyl (C=O) groups is 1. The zero-order chi connectivity index (χ0) is 22.3. The number of thioether (sulfide) groups is 1. The first-order chi connectivity index (χ1) is 15.7. The molecule has 1 heterocycles. The van der Waals surface area contributed by atoms with Crippen molar-refractivity contribution in [2.75, 3.05) is 18.2 Å². The molecule has 32 heavy (non-hydrogen) atoms. The molecular formula is C24H24N4O3S. The van der Waals surface area contributed by atoms with E-state index in [1.165, 1.54) is 11.8 Å². The van der Waals surface area contributed by atoms with Gasteiger partial charge in [-0.3, -0.25) is 4.79 Å². The van der Waals surface area contributed by atoms with Crippen molar-refractivity contribution in [1.29, 1.82) is 0 Å². The maximum absolute atomic E-state index is 12.4. The van der Waals surface area contributed by atoms with Gasteiger partial charge in [-0.25, -0.2) is 0 Å². The van der Waals surface area contributed by atoms with Gasteiger partial charge in [0.25, 0.3) is 0 Å². The van der Waals surface area contributed by atoms with Crippen LogP contribution in [0.2, 0.25) is 0 Å². The number of nitrogens with one attached hydrogen (secondary N) is 1. The molecule has 4 aromatic rings. The predicted octanol–water partition coefficient (Wildman–Crippen LogP) is 4.77. The van der Waals surface area contributed by atoms with Crippen molar-refractivity contribution in [3.63, 3.8) is 0 Å². The highest BCUT2D eigenvalue weighted by atomic mass is 32.2. The Labute approximate surface area is 190 Å². The number of amides is 1. The summed E-state index contributed by atoms with van der Waals surface area (Å²) in [5.74, 6) is 2.32. The maximum atomic E-state index is 12.4. The summed E-state index contributed by atoms with van der Waals surface area (Å²) in [5.41, 5.74) is 0.691. The Morgan fingerprint density at radius 1 is 1.06 bits per heavy atom. The third-order valence-electron chi connectivity index (χ3n) is 4.90. The Morgan fingerprint density at radius 3 is 2.72 bits per heavy atom. The molecular weight excluding hydrogens is 424 g/mol. The Bertz CT molecular complexity index is 1220. The fraction of sp³-hybridized carbons (Fsp3) is 0.208. The highest BCUT2D eigenvalue weighted by molar-refractivity contribution is 7.99. The molecule has 0 fully saturated rings. The number of rotatable bonds is 9. The standard InChI is InChI=1S/C24H24N4O3S/c1-3-28-22(15-31-21-13-6-9-17-8-4-5-12-20(17)21)26-27-24(28)32-16-23(29)25-18-10-7-11-19(14-18)30-2/h4-14H,3,15-16H2,1-2H3,(H,25,29). The Balaban J connectivity index is 1.38. The van der Waals surface area contributed by atoms with Crippen molar-refractivity contribution in [2.24, 2.45) is 0 Å². The molecule has 8 heteroatoms. The van der Waals surface area contributed by atoms with Crippen LogP contribution in [0, 0.1) is 0 Å². The summed E-state index contributed by atoms with van der Waals surface area (Å²) >= 11 is 1.34. The van der Waals surface area contributed by atoms with Crippen LogP contribution in [-0.2, 0) is 17.9 Å². The molecule has 3 aromatic carbocycles. The summed E-state index contributed by atoms with van der Waals surface area (Å²) in [5, 5.41) is 14.3. The number of anilines is 1. The summed E-state index contributed by atoms with van der Waals surface area (Å²) in [4.78, 5) is 12.4. The summed E-state index contributed by atoms with van der Waals surface area (Å²) in [6, 6.07) is 21.3. The van der Waals surface area contributed by atoms with Crippen LogP contribution in [0.5, 0.6) is 11.5 Å². The minimum Gasteiger partial charge on any atom is -0.497 e. The van der Waals surface area contributed by atoms with Crippen LogP contribution < -0.4 is 14.8 Å². The van der Waals surface area contributed by atoms with Crippen molar-refractivity contribution in [1.82, 2.24) is 14.8 Å². The molecule has 0 bridgehead atoms. The van der Waals surface area contributed by atoms with Crippen LogP contribution in [0.4, 0.5) is 5.69 Å². The molecule has 0 aliphatic heterocycles. The number of hydrogen-bond donors (Lipinski definition) is 1. The Kier molecular flexibility index (Phi) is 6.91. The number of aromatic nitrogens is 3. The highest BCUT2D eigenvalue weighted by Crippen LogP contribution is 2.26. The van der Waals surface area contributed by atoms with E-state index in [0.29, 0.717) is 29.7 Å². The molecule has 0 aliphatic rings. The third-order valence-corrected chi connectivity index (χ3v) is 5.87. The topological polar surface area (TPSA) is 78.3 Å². The molecule has 0 saturated heterocycles. The first-order valence-corrected chi connectivity index (χ1v) is 11.3. The van der Waals surface area contributed by atoms with E-state index in [1.54, 1.807) is 13.2 Å². The van der Waals surface area contributed by atoms with E-state index in [1.807, 2.05) is 60.0 Å². The highest BCUT2D eigenvalue weighted by Gasteiger charge is 2.14. The lowest BCUT2D eigenvalue weighted by atomic mass is 10.1. The quantitative estimate of drug-likeness (QED) is 0.372. The molecule has 164 valence electrons. The molecule has 4 rings (SSSR count). The first-order valence-electron chi connectivity index (χ1n) is 10.3. The van der Waals surface area contributed by atoms with Gasteiger partial charge >= 0.3 is 0 Å². The molecule has 0 saturated carbocycles. The van der Waals surface area contributed by atoms with E-state index in [9.17, 15) is 4.79 Å². The van der Waals surface area contributed by atoms with E-state index in [4.69, 9.17) is 9.47 Å². The number of nitrogens with zero attached hydrogens (tertiary/aromatic N) is 3. The summed E-state index contributed by atoms with van der Waals surface area (Å²) in [6.07, 6.45) is 0. The van der Waals surface area contributed by atoms with E-state index < -0.39 is 0 Å². The largest absolute Gasteiger partial charge is 0.497 e. The molecule has 0 atom stereocenters. The molecule has 0 spiro atoms. The average Bonchev–Trinajstić information content (AvgIpc) is 3.23. The van der Waals surface area contributed by atoms with Crippen LogP contribution >= 0.6 is 11.8 Å². The molecule has 0 aliphatic carbocycles. The second kappa shape index (κ2) is 10.2. The van der Waals surface area contributed by atoms with Crippen molar-refractivity contribution >= 4 is 34.1 Å². The van der Waals surface area contributed by atoms with E-state index in [0.717, 1.165) is 22.3 Å². The normalized spacial score (nSPS) is 10.8. The van der Waals surface area contributed by atoms with Gasteiger partial charge < -0.3 is 19.4 Å². The van der Waals surface area contributed by atoms with Gasteiger partial charge in [0.1, 0.15) is 18.1 Å². The second-order valence-electron chi connectivity index (χ2n) is 6.98. The third kappa shape index (κ3) is 5.03. The van der Waals surface area contributed by atoms with Gasteiger partial charge in [-0.05, 0) is 30.5 Å². The van der Waals surface area contributed by atoms with Crippen molar-refractivity contribution in [2.45, 2.75) is 25.2 Å². The van der Waals surface area contributed by atoms with Gasteiger partial charge in [0.05, 0.1) is 12.9 Å². The molecule has 1 amide bonds. The number of methoxy groups -OCH3 is 1. The number of fused-ring (bicyclic) bond motifs is 1. The lowest BCUT2D eigenvalue weighted by Gasteiger charge is -2.11. The zero-order valence-electron chi connectivity index (χ0n) is 17.9. The number of ether oxygens (including phenoxy) is 2. The van der Waals surface area contributed by atoms with Gasteiger partial charge in [-0.2, -0.15) is 0 Å². The van der Waals surface area contributed by atoms with Gasteiger partial charge in [0.15, 0.2) is 11.0 Å². The number of benzene rings is 3. The van der Waals surface area contributed by atoms with Gasteiger partial charge in [0, 0.05) is 23.7 Å². The van der Waals surface area contributed by atoms with E-state index in [-0.39, 0.29) is 11.7 Å². The Morgan fingerprint density at radius 2 is 1.88 bits per heavy atom. The van der Waals surface area contributed by atoms with Crippen molar-refractivity contribution in [3.8, 4) is 11.5 Å². The number of hydrogen-bond acceptors (Lipinski definition) is 6. The van der Waals surface area contributed by atoms with E-state index >= 15 is 0 Å². The monoisotopic (exact) mass is 448 g/mol. The minimum atomic E-state index is -0.123. The average molecular weight is 449 g/mol. The molecule has 1 aromatic heterocycles. The van der Waals surface area contributed by atoms with Crippen LogP contribution in [0.1, 0.15) is 12.7 Å². The zero-order valence-corrected chi connectivity index (χ0v) is 18.8. The van der Waals surface area contributed by atoms with Crippen molar-refractivity contribution < 1.29 is 14.3 Å². The lowest BCUT2D eigenvalue weighted by Crippen LogP contribution is -2.15. The maximum Gasteiger partial charge on any atom is 0.234 e. The summed E-state index contributed by atoms with van der Waals surface area (Å²) in [6.45, 7) is 3.00. The predicted molar refractivity (Wildman–Crippen MR) is 126 cm³/mol. The van der Waals surface area contributed by atoms with Gasteiger partial charge in [-0.1, -0.05) is 54.2 Å². The lowest BCUT2D eigenvalue weighted by molar-refractivity contribution is -0.113. The van der Waals surface area contributed by atoms with Gasteiger partial charge in [0.2, 0.25) is 5.91 Å². The molecule has 0 unspecified atom stereocenters. The van der Waals surface area contributed by atoms with Crippen LogP contribution in [0.25, 0.3) is 10.8 Å². The summed E-state index contributed by atoms with van der Waals surface area (Å²) < 4.78 is 13.2. The smallest absolute Gasteiger partial charge is 0.234 e. The summed E-state index contributed by atoms with van der Waals surface area (Å²) in [7, 11) is 1.59.